The second-order valence-electron chi connectivity index (χ2n) is 4.95. The zero-order valence-corrected chi connectivity index (χ0v) is 14.2. The van der Waals surface area contributed by atoms with Crippen molar-refractivity contribution in [1.29, 1.82) is 0 Å². The van der Waals surface area contributed by atoms with Gasteiger partial charge in [-0.1, -0.05) is 12.1 Å². The molecule has 1 unspecified atom stereocenters. The van der Waals surface area contributed by atoms with Crippen molar-refractivity contribution in [3.63, 3.8) is 0 Å². The van der Waals surface area contributed by atoms with E-state index in [0.717, 1.165) is 0 Å². The molecule has 1 heterocycles. The van der Waals surface area contributed by atoms with Crippen LogP contribution in [0.25, 0.3) is 0 Å². The van der Waals surface area contributed by atoms with Crippen molar-refractivity contribution in [1.82, 2.24) is 4.31 Å². The van der Waals surface area contributed by atoms with E-state index in [9.17, 15) is 13.2 Å². The Morgan fingerprint density at radius 3 is 2.81 bits per heavy atom. The number of hydrogen-bond acceptors (Lipinski definition) is 4. The van der Waals surface area contributed by atoms with E-state index in [1.165, 1.54) is 4.31 Å². The summed E-state index contributed by atoms with van der Waals surface area (Å²) in [6.07, 6.45) is 1.33. The molecule has 21 heavy (non-hydrogen) atoms. The summed E-state index contributed by atoms with van der Waals surface area (Å²) >= 11 is 3.32. The number of piperidine rings is 1. The molecule has 0 aliphatic carbocycles. The van der Waals surface area contributed by atoms with Gasteiger partial charge in [0.25, 0.3) is 0 Å². The van der Waals surface area contributed by atoms with Gasteiger partial charge in [0.15, 0.2) is 0 Å². The Bertz CT molecular complexity index is 617. The molecule has 1 fully saturated rings. The second-order valence-corrected chi connectivity index (χ2v) is 8.06. The second kappa shape index (κ2) is 6.89. The largest absolute Gasteiger partial charge is 0.425 e. The fourth-order valence-electron chi connectivity index (χ4n) is 2.29. The smallest absolute Gasteiger partial charge is 0.315 e. The molecular formula is C14H18BrNO4S. The number of nitrogens with zero attached hydrogens (tertiary/aromatic N) is 1. The summed E-state index contributed by atoms with van der Waals surface area (Å²) in [6.45, 7) is 2.30. The zero-order chi connectivity index (χ0) is 15.5. The molecule has 1 saturated heterocycles. The first-order valence-corrected chi connectivity index (χ1v) is 9.28. The minimum Gasteiger partial charge on any atom is -0.425 e. The molecule has 5 nitrogen and oxygen atoms in total. The lowest BCUT2D eigenvalue weighted by atomic mass is 10.00. The third-order valence-electron chi connectivity index (χ3n) is 3.52. The Kier molecular flexibility index (Phi) is 5.40. The SMILES string of the molecule is CCS(=O)(=O)N1CCCC(C(=O)Oc2ccccc2Br)C1. The Labute approximate surface area is 133 Å². The monoisotopic (exact) mass is 375 g/mol. The first-order valence-electron chi connectivity index (χ1n) is 6.88. The number of rotatable bonds is 4. The standard InChI is InChI=1S/C14H18BrNO4S/c1-2-21(18,19)16-9-5-6-11(10-16)14(17)20-13-8-4-3-7-12(13)15/h3-4,7-8,11H,2,5-6,9-10H2,1H3. The van der Waals surface area contributed by atoms with E-state index in [-0.39, 0.29) is 18.3 Å². The van der Waals surface area contributed by atoms with Crippen molar-refractivity contribution in [3.8, 4) is 5.75 Å². The van der Waals surface area contributed by atoms with E-state index >= 15 is 0 Å². The van der Waals surface area contributed by atoms with Crippen LogP contribution < -0.4 is 4.74 Å². The van der Waals surface area contributed by atoms with Crippen molar-refractivity contribution in [2.75, 3.05) is 18.8 Å². The predicted molar refractivity (Wildman–Crippen MR) is 83.5 cm³/mol. The van der Waals surface area contributed by atoms with E-state index in [4.69, 9.17) is 4.74 Å². The quantitative estimate of drug-likeness (QED) is 0.598. The number of halogens is 1. The Morgan fingerprint density at radius 1 is 1.43 bits per heavy atom. The third kappa shape index (κ3) is 4.05. The van der Waals surface area contributed by atoms with E-state index in [0.29, 0.717) is 29.6 Å². The highest BCUT2D eigenvalue weighted by Crippen LogP contribution is 2.27. The lowest BCUT2D eigenvalue weighted by Gasteiger charge is -2.30. The van der Waals surface area contributed by atoms with Gasteiger partial charge in [0.2, 0.25) is 10.0 Å². The summed E-state index contributed by atoms with van der Waals surface area (Å²) in [7, 11) is -3.25. The Morgan fingerprint density at radius 2 is 2.14 bits per heavy atom. The number of sulfonamides is 1. The minimum absolute atomic E-state index is 0.0546. The highest BCUT2D eigenvalue weighted by Gasteiger charge is 2.32. The van der Waals surface area contributed by atoms with Gasteiger partial charge < -0.3 is 4.74 Å². The van der Waals surface area contributed by atoms with Crippen LogP contribution in [0, 0.1) is 5.92 Å². The Hall–Kier alpha value is -0.920. The molecule has 1 aromatic carbocycles. The molecule has 1 aliphatic heterocycles. The van der Waals surface area contributed by atoms with Gasteiger partial charge in [-0.05, 0) is 47.8 Å². The fraction of sp³-hybridized carbons (Fsp3) is 0.500. The van der Waals surface area contributed by atoms with Crippen LogP contribution in [-0.2, 0) is 14.8 Å². The minimum atomic E-state index is -3.25. The lowest BCUT2D eigenvalue weighted by Crippen LogP contribution is -2.43. The van der Waals surface area contributed by atoms with Crippen molar-refractivity contribution in [3.05, 3.63) is 28.7 Å². The molecule has 7 heteroatoms. The zero-order valence-electron chi connectivity index (χ0n) is 11.8. The normalized spacial score (nSPS) is 20.2. The van der Waals surface area contributed by atoms with Gasteiger partial charge in [-0.15, -0.1) is 0 Å². The molecule has 0 aromatic heterocycles. The summed E-state index contributed by atoms with van der Waals surface area (Å²) in [5.41, 5.74) is 0. The third-order valence-corrected chi connectivity index (χ3v) is 6.03. The maximum atomic E-state index is 12.2. The number of para-hydroxylation sites is 1. The van der Waals surface area contributed by atoms with Crippen molar-refractivity contribution in [2.24, 2.45) is 5.92 Å². The van der Waals surface area contributed by atoms with Gasteiger partial charge in [0, 0.05) is 13.1 Å². The van der Waals surface area contributed by atoms with Crippen molar-refractivity contribution in [2.45, 2.75) is 19.8 Å². The molecule has 0 bridgehead atoms. The highest BCUT2D eigenvalue weighted by molar-refractivity contribution is 9.10. The molecule has 0 radical (unpaired) electrons. The first-order chi connectivity index (χ1) is 9.94. The first kappa shape index (κ1) is 16.5. The van der Waals surface area contributed by atoms with Gasteiger partial charge in [0.1, 0.15) is 5.75 Å². The molecule has 0 N–H and O–H groups in total. The van der Waals surface area contributed by atoms with Crippen LogP contribution in [0.15, 0.2) is 28.7 Å². The number of ether oxygens (including phenoxy) is 1. The summed E-state index contributed by atoms with van der Waals surface area (Å²) in [5.74, 6) is -0.276. The topological polar surface area (TPSA) is 63.7 Å². The highest BCUT2D eigenvalue weighted by atomic mass is 79.9. The molecule has 0 saturated carbocycles. The average molecular weight is 376 g/mol. The summed E-state index contributed by atoms with van der Waals surface area (Å²) in [5, 5.41) is 0. The van der Waals surface area contributed by atoms with Gasteiger partial charge in [-0.3, -0.25) is 4.79 Å². The van der Waals surface area contributed by atoms with E-state index < -0.39 is 15.9 Å². The van der Waals surface area contributed by atoms with E-state index in [1.807, 2.05) is 6.07 Å². The number of hydrogen-bond donors (Lipinski definition) is 0. The van der Waals surface area contributed by atoms with Crippen LogP contribution in [0.4, 0.5) is 0 Å². The molecule has 116 valence electrons. The molecule has 0 spiro atoms. The molecule has 2 rings (SSSR count). The number of carbonyl (C=O) groups is 1. The molecule has 1 aliphatic rings. The summed E-state index contributed by atoms with van der Waals surface area (Å²) in [6, 6.07) is 7.10. The Balaban J connectivity index is 2.05. The van der Waals surface area contributed by atoms with Crippen LogP contribution in [0.5, 0.6) is 5.75 Å². The molecule has 1 aromatic rings. The average Bonchev–Trinajstić information content (AvgIpc) is 2.49. The predicted octanol–water partition coefficient (Wildman–Crippen LogP) is 2.42. The van der Waals surface area contributed by atoms with E-state index in [1.54, 1.807) is 25.1 Å². The van der Waals surface area contributed by atoms with Crippen LogP contribution in [0.1, 0.15) is 19.8 Å². The summed E-state index contributed by atoms with van der Waals surface area (Å²) < 4.78 is 31.3. The van der Waals surface area contributed by atoms with Gasteiger partial charge in [-0.2, -0.15) is 0 Å². The molecule has 1 atom stereocenters. The number of esters is 1. The molecular weight excluding hydrogens is 358 g/mol. The maximum absolute atomic E-state index is 12.2. The lowest BCUT2D eigenvalue weighted by molar-refractivity contribution is -0.140. The van der Waals surface area contributed by atoms with Gasteiger partial charge in [0.05, 0.1) is 16.1 Å². The maximum Gasteiger partial charge on any atom is 0.315 e. The van der Waals surface area contributed by atoms with Crippen molar-refractivity contribution >= 4 is 31.9 Å². The molecule has 0 amide bonds. The van der Waals surface area contributed by atoms with Gasteiger partial charge in [-0.25, -0.2) is 12.7 Å². The van der Waals surface area contributed by atoms with Crippen LogP contribution >= 0.6 is 15.9 Å². The fourth-order valence-corrected chi connectivity index (χ4v) is 3.83. The summed E-state index contributed by atoms with van der Waals surface area (Å²) in [4.78, 5) is 12.2. The van der Waals surface area contributed by atoms with Crippen LogP contribution in [0.2, 0.25) is 0 Å². The van der Waals surface area contributed by atoms with Crippen LogP contribution in [0.3, 0.4) is 0 Å². The van der Waals surface area contributed by atoms with E-state index in [2.05, 4.69) is 15.9 Å². The number of carbonyl (C=O) groups excluding carboxylic acids is 1. The van der Waals surface area contributed by atoms with Crippen LogP contribution in [-0.4, -0.2) is 37.5 Å². The number of benzene rings is 1. The van der Waals surface area contributed by atoms with Crippen molar-refractivity contribution < 1.29 is 17.9 Å². The van der Waals surface area contributed by atoms with Gasteiger partial charge >= 0.3 is 5.97 Å².